The number of nitrogen functional groups attached to an aromatic ring is 2. The quantitative estimate of drug-likeness (QED) is 0.701. The second-order valence-corrected chi connectivity index (χ2v) is 4.73. The largest absolute Gasteiger partial charge is 0.397 e. The van der Waals surface area contributed by atoms with E-state index in [1.807, 2.05) is 18.2 Å². The van der Waals surface area contributed by atoms with Crippen molar-refractivity contribution >= 4 is 17.1 Å². The second-order valence-electron chi connectivity index (χ2n) is 4.73. The van der Waals surface area contributed by atoms with Crippen LogP contribution in [0.1, 0.15) is 19.8 Å². The molecule has 0 spiro atoms. The van der Waals surface area contributed by atoms with Crippen molar-refractivity contribution in [3.05, 3.63) is 18.2 Å². The summed E-state index contributed by atoms with van der Waals surface area (Å²) >= 11 is 0. The highest BCUT2D eigenvalue weighted by molar-refractivity contribution is 5.69. The Morgan fingerprint density at radius 1 is 1.24 bits per heavy atom. The third-order valence-electron chi connectivity index (χ3n) is 3.45. The zero-order valence-corrected chi connectivity index (χ0v) is 10.3. The van der Waals surface area contributed by atoms with Crippen molar-refractivity contribution in [3.8, 4) is 0 Å². The summed E-state index contributed by atoms with van der Waals surface area (Å²) in [7, 11) is 0. The molecule has 17 heavy (non-hydrogen) atoms. The van der Waals surface area contributed by atoms with Crippen LogP contribution in [0.3, 0.4) is 0 Å². The van der Waals surface area contributed by atoms with Gasteiger partial charge in [-0.05, 0) is 43.9 Å². The van der Waals surface area contributed by atoms with Gasteiger partial charge in [0.2, 0.25) is 0 Å². The fraction of sp³-hybridized carbons (Fsp3) is 0.538. The minimum Gasteiger partial charge on any atom is -0.397 e. The van der Waals surface area contributed by atoms with Crippen LogP contribution in [0.25, 0.3) is 0 Å². The first kappa shape index (κ1) is 12.0. The number of nitrogens with one attached hydrogen (secondary N) is 1. The highest BCUT2D eigenvalue weighted by Gasteiger charge is 2.20. The molecule has 0 aliphatic carbocycles. The van der Waals surface area contributed by atoms with Crippen LogP contribution in [0.5, 0.6) is 0 Å². The molecule has 4 heteroatoms. The van der Waals surface area contributed by atoms with Gasteiger partial charge in [0.15, 0.2) is 0 Å². The molecule has 1 aromatic carbocycles. The van der Waals surface area contributed by atoms with E-state index >= 15 is 0 Å². The average molecular weight is 235 g/mol. The molecule has 1 atom stereocenters. The Balaban J connectivity index is 1.96. The van der Waals surface area contributed by atoms with E-state index in [9.17, 15) is 0 Å². The molecule has 1 aromatic rings. The van der Waals surface area contributed by atoms with E-state index in [2.05, 4.69) is 12.2 Å². The standard InChI is InChI=1S/C13H21N3O/c1-9(10-4-6-17-7-5-10)16-11-2-3-12(14)13(15)8-11/h2-3,8-10,16H,4-7,14-15H2,1H3. The van der Waals surface area contributed by atoms with E-state index in [4.69, 9.17) is 16.2 Å². The van der Waals surface area contributed by atoms with Crippen molar-refractivity contribution in [1.82, 2.24) is 0 Å². The lowest BCUT2D eigenvalue weighted by Crippen LogP contribution is -2.30. The lowest BCUT2D eigenvalue weighted by atomic mass is 9.93. The SMILES string of the molecule is CC(Nc1ccc(N)c(N)c1)C1CCOCC1. The first-order chi connectivity index (χ1) is 8.16. The third kappa shape index (κ3) is 3.03. The van der Waals surface area contributed by atoms with Gasteiger partial charge in [0.05, 0.1) is 11.4 Å². The average Bonchev–Trinajstić information content (AvgIpc) is 2.35. The number of hydrogen-bond acceptors (Lipinski definition) is 4. The maximum atomic E-state index is 5.79. The molecule has 1 aliphatic rings. The van der Waals surface area contributed by atoms with Crippen molar-refractivity contribution in [2.75, 3.05) is 30.0 Å². The van der Waals surface area contributed by atoms with E-state index < -0.39 is 0 Å². The normalized spacial score (nSPS) is 18.9. The monoisotopic (exact) mass is 235 g/mol. The van der Waals surface area contributed by atoms with Gasteiger partial charge in [0, 0.05) is 24.9 Å². The number of hydrogen-bond donors (Lipinski definition) is 3. The van der Waals surface area contributed by atoms with Crippen LogP contribution in [-0.4, -0.2) is 19.3 Å². The van der Waals surface area contributed by atoms with Crippen molar-refractivity contribution < 1.29 is 4.74 Å². The topological polar surface area (TPSA) is 73.3 Å². The predicted octanol–water partition coefficient (Wildman–Crippen LogP) is 2.08. The fourth-order valence-electron chi connectivity index (χ4n) is 2.26. The summed E-state index contributed by atoms with van der Waals surface area (Å²) < 4.78 is 5.37. The molecular weight excluding hydrogens is 214 g/mol. The van der Waals surface area contributed by atoms with Crippen LogP contribution >= 0.6 is 0 Å². The molecule has 1 unspecified atom stereocenters. The third-order valence-corrected chi connectivity index (χ3v) is 3.45. The van der Waals surface area contributed by atoms with Gasteiger partial charge in [0.25, 0.3) is 0 Å². The summed E-state index contributed by atoms with van der Waals surface area (Å²) in [4.78, 5) is 0. The Morgan fingerprint density at radius 3 is 2.59 bits per heavy atom. The number of benzene rings is 1. The predicted molar refractivity (Wildman–Crippen MR) is 71.9 cm³/mol. The summed E-state index contributed by atoms with van der Waals surface area (Å²) in [6.45, 7) is 3.96. The summed E-state index contributed by atoms with van der Waals surface area (Å²) in [6.07, 6.45) is 2.25. The van der Waals surface area contributed by atoms with E-state index in [1.54, 1.807) is 0 Å². The smallest absolute Gasteiger partial charge is 0.0568 e. The molecule has 0 amide bonds. The Hall–Kier alpha value is -1.42. The zero-order chi connectivity index (χ0) is 12.3. The minimum absolute atomic E-state index is 0.432. The van der Waals surface area contributed by atoms with E-state index in [1.165, 1.54) is 0 Å². The van der Waals surface area contributed by atoms with E-state index in [0.717, 1.165) is 31.7 Å². The van der Waals surface area contributed by atoms with E-state index in [-0.39, 0.29) is 0 Å². The maximum Gasteiger partial charge on any atom is 0.0568 e. The van der Waals surface area contributed by atoms with E-state index in [0.29, 0.717) is 23.3 Å². The fourth-order valence-corrected chi connectivity index (χ4v) is 2.26. The van der Waals surface area contributed by atoms with Gasteiger partial charge in [-0.1, -0.05) is 0 Å². The molecule has 1 aliphatic heterocycles. The summed E-state index contributed by atoms with van der Waals surface area (Å²) in [6, 6.07) is 6.14. The lowest BCUT2D eigenvalue weighted by Gasteiger charge is -2.29. The van der Waals surface area contributed by atoms with Gasteiger partial charge in [-0.15, -0.1) is 0 Å². The Kier molecular flexibility index (Phi) is 3.74. The van der Waals surface area contributed by atoms with Gasteiger partial charge in [-0.25, -0.2) is 0 Å². The summed E-state index contributed by atoms with van der Waals surface area (Å²) in [5.74, 6) is 0.669. The number of anilines is 3. The molecule has 4 nitrogen and oxygen atoms in total. The van der Waals surface area contributed by atoms with Crippen LogP contribution < -0.4 is 16.8 Å². The molecule has 0 aromatic heterocycles. The van der Waals surface area contributed by atoms with Crippen molar-refractivity contribution in [3.63, 3.8) is 0 Å². The van der Waals surface area contributed by atoms with Gasteiger partial charge in [-0.3, -0.25) is 0 Å². The van der Waals surface area contributed by atoms with Crippen molar-refractivity contribution in [2.24, 2.45) is 5.92 Å². The zero-order valence-electron chi connectivity index (χ0n) is 10.3. The Labute approximate surface area is 102 Å². The van der Waals surface area contributed by atoms with Gasteiger partial charge in [0.1, 0.15) is 0 Å². The minimum atomic E-state index is 0.432. The molecule has 5 N–H and O–H groups in total. The molecule has 0 saturated carbocycles. The highest BCUT2D eigenvalue weighted by atomic mass is 16.5. The molecule has 1 saturated heterocycles. The number of nitrogens with two attached hydrogens (primary N) is 2. The van der Waals surface area contributed by atoms with Crippen LogP contribution in [0, 0.1) is 5.92 Å². The van der Waals surface area contributed by atoms with Crippen molar-refractivity contribution in [2.45, 2.75) is 25.8 Å². The summed E-state index contributed by atoms with van der Waals surface area (Å²) in [5.41, 5.74) is 13.8. The first-order valence-corrected chi connectivity index (χ1v) is 6.16. The molecular formula is C13H21N3O. The van der Waals surface area contributed by atoms with Gasteiger partial charge < -0.3 is 21.5 Å². The molecule has 0 bridgehead atoms. The lowest BCUT2D eigenvalue weighted by molar-refractivity contribution is 0.0622. The van der Waals surface area contributed by atoms with Crippen molar-refractivity contribution in [1.29, 1.82) is 0 Å². The van der Waals surface area contributed by atoms with Crippen LogP contribution in [0.2, 0.25) is 0 Å². The first-order valence-electron chi connectivity index (χ1n) is 6.16. The number of ether oxygens (including phenoxy) is 1. The summed E-state index contributed by atoms with van der Waals surface area (Å²) in [5, 5.41) is 3.49. The highest BCUT2D eigenvalue weighted by Crippen LogP contribution is 2.24. The molecule has 1 heterocycles. The maximum absolute atomic E-state index is 5.79. The molecule has 0 radical (unpaired) electrons. The molecule has 2 rings (SSSR count). The Morgan fingerprint density at radius 2 is 1.94 bits per heavy atom. The number of rotatable bonds is 3. The van der Waals surface area contributed by atoms with Crippen LogP contribution in [-0.2, 0) is 4.74 Å². The molecule has 1 fully saturated rings. The molecule has 94 valence electrons. The van der Waals surface area contributed by atoms with Crippen LogP contribution in [0.15, 0.2) is 18.2 Å². The van der Waals surface area contributed by atoms with Crippen LogP contribution in [0.4, 0.5) is 17.1 Å². The second kappa shape index (κ2) is 5.27. The van der Waals surface area contributed by atoms with Gasteiger partial charge >= 0.3 is 0 Å². The van der Waals surface area contributed by atoms with Gasteiger partial charge in [-0.2, -0.15) is 0 Å². The Bertz CT molecular complexity index is 375.